The Morgan fingerprint density at radius 3 is 2.09 bits per heavy atom. The fourth-order valence-electron chi connectivity index (χ4n) is 2.36. The van der Waals surface area contributed by atoms with E-state index in [1.54, 1.807) is 18.2 Å². The minimum atomic E-state index is -0.562. The highest BCUT2D eigenvalue weighted by Crippen LogP contribution is 2.45. The normalized spacial score (nSPS) is 10.1. The van der Waals surface area contributed by atoms with E-state index in [9.17, 15) is 9.90 Å². The van der Waals surface area contributed by atoms with E-state index in [1.165, 1.54) is 40.6 Å². The van der Waals surface area contributed by atoms with Crippen LogP contribution in [-0.4, -0.2) is 39.5 Å². The van der Waals surface area contributed by atoms with Gasteiger partial charge in [0.15, 0.2) is 11.5 Å². The van der Waals surface area contributed by atoms with Gasteiger partial charge in [-0.25, -0.2) is 4.79 Å². The molecule has 1 N–H and O–H groups in total. The van der Waals surface area contributed by atoms with Gasteiger partial charge in [0.05, 0.1) is 34.0 Å². The highest BCUT2D eigenvalue weighted by atomic mass is 16.5. The average Bonchev–Trinajstić information content (AvgIpc) is 2.59. The monoisotopic (exact) mass is 318 g/mol. The second-order valence-electron chi connectivity index (χ2n) is 4.60. The maximum absolute atomic E-state index is 12.0. The summed E-state index contributed by atoms with van der Waals surface area (Å²) in [5.74, 6) is 0.743. The van der Waals surface area contributed by atoms with Gasteiger partial charge < -0.3 is 24.1 Å². The summed E-state index contributed by atoms with van der Waals surface area (Å²) in [6, 6.07) is 7.91. The quantitative estimate of drug-likeness (QED) is 0.855. The maximum atomic E-state index is 12.0. The molecule has 6 heteroatoms. The lowest BCUT2D eigenvalue weighted by atomic mass is 9.97. The lowest BCUT2D eigenvalue weighted by Gasteiger charge is -2.17. The molecule has 0 saturated carbocycles. The Labute approximate surface area is 134 Å². The average molecular weight is 318 g/mol. The minimum Gasteiger partial charge on any atom is -0.508 e. The zero-order chi connectivity index (χ0) is 17.0. The van der Waals surface area contributed by atoms with Crippen molar-refractivity contribution in [3.63, 3.8) is 0 Å². The van der Waals surface area contributed by atoms with Crippen molar-refractivity contribution in [1.82, 2.24) is 0 Å². The molecule has 0 radical (unpaired) electrons. The fourth-order valence-corrected chi connectivity index (χ4v) is 2.36. The number of ether oxygens (including phenoxy) is 4. The molecule has 0 saturated heterocycles. The van der Waals surface area contributed by atoms with E-state index < -0.39 is 5.97 Å². The van der Waals surface area contributed by atoms with Crippen LogP contribution in [-0.2, 0) is 4.74 Å². The smallest absolute Gasteiger partial charge is 0.338 e. The molecule has 0 bridgehead atoms. The van der Waals surface area contributed by atoms with Crippen LogP contribution in [0, 0.1) is 0 Å². The number of carbonyl (C=O) groups is 1. The first-order valence-electron chi connectivity index (χ1n) is 6.78. The van der Waals surface area contributed by atoms with E-state index in [-0.39, 0.29) is 11.3 Å². The van der Waals surface area contributed by atoms with Crippen molar-refractivity contribution in [2.24, 2.45) is 0 Å². The van der Waals surface area contributed by atoms with Gasteiger partial charge in [0.2, 0.25) is 5.75 Å². The van der Waals surface area contributed by atoms with Crippen molar-refractivity contribution in [2.75, 3.05) is 28.4 Å². The molecule has 0 spiro atoms. The number of carbonyl (C=O) groups excluding carboxylic acids is 1. The molecule has 2 aromatic rings. The Kier molecular flexibility index (Phi) is 4.95. The van der Waals surface area contributed by atoms with Crippen molar-refractivity contribution in [3.05, 3.63) is 35.9 Å². The van der Waals surface area contributed by atoms with Crippen LogP contribution in [0.15, 0.2) is 30.3 Å². The van der Waals surface area contributed by atoms with Gasteiger partial charge in [-0.3, -0.25) is 0 Å². The van der Waals surface area contributed by atoms with Crippen LogP contribution in [0.4, 0.5) is 0 Å². The summed E-state index contributed by atoms with van der Waals surface area (Å²) in [5, 5.41) is 9.65. The van der Waals surface area contributed by atoms with E-state index in [2.05, 4.69) is 0 Å². The second-order valence-corrected chi connectivity index (χ2v) is 4.60. The van der Waals surface area contributed by atoms with E-state index >= 15 is 0 Å². The van der Waals surface area contributed by atoms with Crippen LogP contribution in [0.25, 0.3) is 11.1 Å². The molecule has 6 nitrogen and oxygen atoms in total. The molecule has 23 heavy (non-hydrogen) atoms. The molecule has 0 aliphatic rings. The molecular weight excluding hydrogens is 300 g/mol. The molecule has 2 aromatic carbocycles. The van der Waals surface area contributed by atoms with Gasteiger partial charge in [0.1, 0.15) is 5.75 Å². The number of methoxy groups -OCH3 is 4. The molecule has 0 amide bonds. The summed E-state index contributed by atoms with van der Waals surface area (Å²) in [7, 11) is 5.81. The number of rotatable bonds is 5. The molecular formula is C17H18O6. The molecule has 0 unspecified atom stereocenters. The number of benzene rings is 2. The topological polar surface area (TPSA) is 74.2 Å². The number of phenolic OH excluding ortho intramolecular Hbond substituents is 1. The van der Waals surface area contributed by atoms with Crippen molar-refractivity contribution in [2.45, 2.75) is 0 Å². The predicted molar refractivity (Wildman–Crippen MR) is 84.5 cm³/mol. The van der Waals surface area contributed by atoms with Crippen LogP contribution in [0.5, 0.6) is 23.0 Å². The Hall–Kier alpha value is -2.89. The van der Waals surface area contributed by atoms with Crippen LogP contribution < -0.4 is 14.2 Å². The van der Waals surface area contributed by atoms with Gasteiger partial charge in [-0.15, -0.1) is 0 Å². The minimum absolute atomic E-state index is 0.0337. The highest BCUT2D eigenvalue weighted by molar-refractivity contribution is 5.99. The molecule has 2 rings (SSSR count). The molecule has 122 valence electrons. The van der Waals surface area contributed by atoms with Crippen molar-refractivity contribution in [3.8, 4) is 34.1 Å². The fraction of sp³-hybridized carbons (Fsp3) is 0.235. The van der Waals surface area contributed by atoms with Gasteiger partial charge in [-0.05, 0) is 30.3 Å². The third kappa shape index (κ3) is 3.01. The van der Waals surface area contributed by atoms with Gasteiger partial charge in [-0.2, -0.15) is 0 Å². The standard InChI is InChI=1S/C17H18O6/c1-20-14-8-7-12(15(21-2)16(14)22-3)11-6-5-10(18)9-13(11)17(19)23-4/h5-9,18H,1-4H3. The molecule has 0 fully saturated rings. The van der Waals surface area contributed by atoms with Crippen molar-refractivity contribution in [1.29, 1.82) is 0 Å². The third-order valence-corrected chi connectivity index (χ3v) is 3.40. The number of hydrogen-bond acceptors (Lipinski definition) is 6. The van der Waals surface area contributed by atoms with E-state index in [0.717, 1.165) is 0 Å². The zero-order valence-electron chi connectivity index (χ0n) is 13.4. The van der Waals surface area contributed by atoms with E-state index in [0.29, 0.717) is 28.4 Å². The van der Waals surface area contributed by atoms with Gasteiger partial charge >= 0.3 is 5.97 Å². The van der Waals surface area contributed by atoms with Crippen LogP contribution in [0.1, 0.15) is 10.4 Å². The summed E-state index contributed by atoms with van der Waals surface area (Å²) in [5.41, 5.74) is 1.39. The summed E-state index contributed by atoms with van der Waals surface area (Å²) in [4.78, 5) is 12.0. The Morgan fingerprint density at radius 2 is 1.52 bits per heavy atom. The maximum Gasteiger partial charge on any atom is 0.338 e. The number of phenols is 1. The molecule has 0 aliphatic carbocycles. The molecule has 0 aliphatic heterocycles. The first kappa shape index (κ1) is 16.5. The second kappa shape index (κ2) is 6.91. The molecule has 0 aromatic heterocycles. The summed E-state index contributed by atoms with van der Waals surface area (Å²) >= 11 is 0. The van der Waals surface area contributed by atoms with Gasteiger partial charge in [-0.1, -0.05) is 0 Å². The van der Waals surface area contributed by atoms with Crippen LogP contribution in [0.2, 0.25) is 0 Å². The molecule has 0 atom stereocenters. The Balaban J connectivity index is 2.74. The predicted octanol–water partition coefficient (Wildman–Crippen LogP) is 2.87. The third-order valence-electron chi connectivity index (χ3n) is 3.40. The van der Waals surface area contributed by atoms with Gasteiger partial charge in [0, 0.05) is 11.1 Å². The Morgan fingerprint density at radius 1 is 0.870 bits per heavy atom. The summed E-state index contributed by atoms with van der Waals surface area (Å²) in [6.45, 7) is 0. The van der Waals surface area contributed by atoms with Gasteiger partial charge in [0.25, 0.3) is 0 Å². The largest absolute Gasteiger partial charge is 0.508 e. The Bertz CT molecular complexity index is 723. The number of hydrogen-bond donors (Lipinski definition) is 1. The lowest BCUT2D eigenvalue weighted by molar-refractivity contribution is 0.0601. The number of aromatic hydroxyl groups is 1. The SMILES string of the molecule is COC(=O)c1cc(O)ccc1-c1ccc(OC)c(OC)c1OC. The number of esters is 1. The first-order chi connectivity index (χ1) is 11.1. The highest BCUT2D eigenvalue weighted by Gasteiger charge is 2.21. The van der Waals surface area contributed by atoms with E-state index in [1.807, 2.05) is 0 Å². The van der Waals surface area contributed by atoms with Crippen molar-refractivity contribution < 1.29 is 28.8 Å². The van der Waals surface area contributed by atoms with Crippen molar-refractivity contribution >= 4 is 5.97 Å². The van der Waals surface area contributed by atoms with Crippen LogP contribution >= 0.6 is 0 Å². The van der Waals surface area contributed by atoms with E-state index in [4.69, 9.17) is 18.9 Å². The first-order valence-corrected chi connectivity index (χ1v) is 6.78. The van der Waals surface area contributed by atoms with Crippen LogP contribution in [0.3, 0.4) is 0 Å². The summed E-state index contributed by atoms with van der Waals surface area (Å²) < 4.78 is 20.8. The molecule has 0 heterocycles. The summed E-state index contributed by atoms with van der Waals surface area (Å²) in [6.07, 6.45) is 0. The lowest BCUT2D eigenvalue weighted by Crippen LogP contribution is -2.04. The zero-order valence-corrected chi connectivity index (χ0v) is 13.4.